The van der Waals surface area contributed by atoms with Crippen LogP contribution in [0.2, 0.25) is 0 Å². The number of anilines is 2. The number of ether oxygens (including phenoxy) is 1. The van der Waals surface area contributed by atoms with Crippen molar-refractivity contribution in [3.05, 3.63) is 82.0 Å². The van der Waals surface area contributed by atoms with Crippen molar-refractivity contribution in [1.29, 1.82) is 0 Å². The number of hydrogen-bond donors (Lipinski definition) is 3. The molecule has 178 valence electrons. The summed E-state index contributed by atoms with van der Waals surface area (Å²) in [5, 5.41) is 9.81. The molecule has 0 saturated carbocycles. The molecular formula is C23H21F2N3O4S2. The highest BCUT2D eigenvalue weighted by molar-refractivity contribution is 8.00. The predicted octanol–water partition coefficient (Wildman–Crippen LogP) is 5.32. The maximum Gasteiger partial charge on any atom is 0.407 e. The van der Waals surface area contributed by atoms with Gasteiger partial charge in [-0.25, -0.2) is 4.79 Å². The monoisotopic (exact) mass is 505 g/mol. The van der Waals surface area contributed by atoms with E-state index in [-0.39, 0.29) is 30.0 Å². The minimum atomic E-state index is -2.62. The van der Waals surface area contributed by atoms with E-state index in [0.29, 0.717) is 29.0 Å². The third kappa shape index (κ3) is 8.49. The lowest BCUT2D eigenvalue weighted by Gasteiger charge is -2.10. The number of thioether (sulfide) groups is 1. The van der Waals surface area contributed by atoms with Gasteiger partial charge < -0.3 is 20.7 Å². The fraction of sp³-hybridized carbons (Fsp3) is 0.174. The first kappa shape index (κ1) is 25.2. The van der Waals surface area contributed by atoms with Gasteiger partial charge >= 0.3 is 6.09 Å². The fourth-order valence-corrected chi connectivity index (χ4v) is 3.73. The summed E-state index contributed by atoms with van der Waals surface area (Å²) in [5.41, 5.74) is 1.91. The van der Waals surface area contributed by atoms with E-state index in [0.717, 1.165) is 4.88 Å². The van der Waals surface area contributed by atoms with Gasteiger partial charge in [0.25, 0.3) is 11.7 Å². The Morgan fingerprint density at radius 3 is 2.38 bits per heavy atom. The van der Waals surface area contributed by atoms with Crippen LogP contribution in [0.5, 0.6) is 0 Å². The molecule has 7 nitrogen and oxygen atoms in total. The summed E-state index contributed by atoms with van der Waals surface area (Å²) in [7, 11) is 0. The lowest BCUT2D eigenvalue weighted by atomic mass is 10.1. The molecule has 0 unspecified atom stereocenters. The van der Waals surface area contributed by atoms with Crippen molar-refractivity contribution in [2.45, 2.75) is 18.9 Å². The quantitative estimate of drug-likeness (QED) is 0.347. The number of benzene rings is 2. The van der Waals surface area contributed by atoms with Gasteiger partial charge in [0.1, 0.15) is 6.61 Å². The summed E-state index contributed by atoms with van der Waals surface area (Å²) in [5.74, 6) is -3.94. The van der Waals surface area contributed by atoms with E-state index in [1.54, 1.807) is 42.5 Å². The number of hydrogen-bond acceptors (Lipinski definition) is 6. The first-order valence-electron chi connectivity index (χ1n) is 10.0. The standard InChI is InChI=1S/C23H21F2N3O4S2/c24-22(25)34-14-20(29)27-17-3-1-4-18(11-17)28-21(30)16-8-6-15(7-9-16)13-32-23(31)26-12-19-5-2-10-33-19/h1-11,22H,12-14H2,(H,26,31)(H,27,29)(H,28,30). The normalized spacial score (nSPS) is 10.6. The summed E-state index contributed by atoms with van der Waals surface area (Å²) in [6, 6.07) is 16.8. The van der Waals surface area contributed by atoms with E-state index < -0.39 is 17.8 Å². The first-order chi connectivity index (χ1) is 16.4. The highest BCUT2D eigenvalue weighted by Gasteiger charge is 2.11. The highest BCUT2D eigenvalue weighted by Crippen LogP contribution is 2.18. The second kappa shape index (κ2) is 12.7. The van der Waals surface area contributed by atoms with E-state index in [9.17, 15) is 23.2 Å². The lowest BCUT2D eigenvalue weighted by molar-refractivity contribution is -0.113. The average Bonchev–Trinajstić information content (AvgIpc) is 3.34. The fourth-order valence-electron chi connectivity index (χ4n) is 2.74. The molecule has 0 aliphatic carbocycles. The minimum absolute atomic E-state index is 0.0593. The molecule has 0 bridgehead atoms. The Balaban J connectivity index is 1.47. The summed E-state index contributed by atoms with van der Waals surface area (Å²) < 4.78 is 29.6. The second-order valence-electron chi connectivity index (χ2n) is 6.86. The van der Waals surface area contributed by atoms with Crippen molar-refractivity contribution in [2.24, 2.45) is 0 Å². The molecule has 3 amide bonds. The van der Waals surface area contributed by atoms with Gasteiger partial charge in [-0.1, -0.05) is 36.0 Å². The zero-order chi connectivity index (χ0) is 24.3. The van der Waals surface area contributed by atoms with Crippen LogP contribution in [-0.2, 0) is 22.7 Å². The van der Waals surface area contributed by atoms with Gasteiger partial charge in [-0.05, 0) is 47.3 Å². The molecular weight excluding hydrogens is 484 g/mol. The minimum Gasteiger partial charge on any atom is -0.445 e. The van der Waals surface area contributed by atoms with Crippen molar-refractivity contribution in [2.75, 3.05) is 16.4 Å². The molecule has 11 heteroatoms. The van der Waals surface area contributed by atoms with E-state index in [4.69, 9.17) is 4.74 Å². The van der Waals surface area contributed by atoms with E-state index >= 15 is 0 Å². The van der Waals surface area contributed by atoms with Crippen molar-refractivity contribution in [3.63, 3.8) is 0 Å². The molecule has 0 atom stereocenters. The van der Waals surface area contributed by atoms with Crippen LogP contribution in [0.25, 0.3) is 0 Å². The van der Waals surface area contributed by atoms with Crippen molar-refractivity contribution in [1.82, 2.24) is 5.32 Å². The molecule has 34 heavy (non-hydrogen) atoms. The average molecular weight is 506 g/mol. The molecule has 3 N–H and O–H groups in total. The molecule has 3 aromatic rings. The van der Waals surface area contributed by atoms with Crippen LogP contribution in [0.15, 0.2) is 66.0 Å². The Bertz CT molecular complexity index is 1110. The molecule has 0 fully saturated rings. The summed E-state index contributed by atoms with van der Waals surface area (Å²) >= 11 is 1.77. The highest BCUT2D eigenvalue weighted by atomic mass is 32.2. The molecule has 1 aromatic heterocycles. The Hall–Kier alpha value is -3.44. The lowest BCUT2D eigenvalue weighted by Crippen LogP contribution is -2.23. The number of halogens is 2. The van der Waals surface area contributed by atoms with Gasteiger partial charge in [0, 0.05) is 21.8 Å². The number of alkyl carbamates (subject to hydrolysis) is 1. The molecule has 2 aromatic carbocycles. The van der Waals surface area contributed by atoms with Crippen LogP contribution in [0.1, 0.15) is 20.8 Å². The van der Waals surface area contributed by atoms with Crippen LogP contribution in [0.3, 0.4) is 0 Å². The molecule has 0 aliphatic heterocycles. The predicted molar refractivity (Wildman–Crippen MR) is 129 cm³/mol. The SMILES string of the molecule is O=C(CSC(F)F)Nc1cccc(NC(=O)c2ccc(COC(=O)NCc3cccs3)cc2)c1. The number of carbonyl (C=O) groups excluding carboxylic acids is 3. The van der Waals surface area contributed by atoms with Crippen molar-refractivity contribution < 1.29 is 27.9 Å². The maximum atomic E-state index is 12.5. The molecule has 0 saturated heterocycles. The summed E-state index contributed by atoms with van der Waals surface area (Å²) in [4.78, 5) is 37.0. The zero-order valence-corrected chi connectivity index (χ0v) is 19.4. The van der Waals surface area contributed by atoms with Crippen LogP contribution >= 0.6 is 23.1 Å². The third-order valence-electron chi connectivity index (χ3n) is 4.32. The van der Waals surface area contributed by atoms with E-state index in [1.165, 1.54) is 17.4 Å². The van der Waals surface area contributed by atoms with Gasteiger partial charge in [0.2, 0.25) is 5.91 Å². The van der Waals surface area contributed by atoms with Gasteiger partial charge in [-0.3, -0.25) is 9.59 Å². The molecule has 1 heterocycles. The summed E-state index contributed by atoms with van der Waals surface area (Å²) in [6.45, 7) is 0.457. The Labute approximate surface area is 202 Å². The van der Waals surface area contributed by atoms with E-state index in [1.807, 2.05) is 17.5 Å². The first-order valence-corrected chi connectivity index (χ1v) is 11.9. The molecule has 0 spiro atoms. The summed E-state index contributed by atoms with van der Waals surface area (Å²) in [6.07, 6.45) is -0.532. The van der Waals surface area contributed by atoms with Gasteiger partial charge in [-0.15, -0.1) is 11.3 Å². The second-order valence-corrected chi connectivity index (χ2v) is 8.87. The van der Waals surface area contributed by atoms with Crippen LogP contribution in [0.4, 0.5) is 25.0 Å². The molecule has 0 radical (unpaired) electrons. The zero-order valence-electron chi connectivity index (χ0n) is 17.8. The Kier molecular flexibility index (Phi) is 9.41. The number of carbonyl (C=O) groups is 3. The van der Waals surface area contributed by atoms with Crippen molar-refractivity contribution >= 4 is 52.4 Å². The van der Waals surface area contributed by atoms with Gasteiger partial charge in [0.15, 0.2) is 0 Å². The smallest absolute Gasteiger partial charge is 0.407 e. The Morgan fingerprint density at radius 1 is 0.971 bits per heavy atom. The molecule has 3 rings (SSSR count). The number of alkyl halides is 2. The number of thiophene rings is 1. The topological polar surface area (TPSA) is 96.5 Å². The van der Waals surface area contributed by atoms with Crippen LogP contribution in [0, 0.1) is 0 Å². The van der Waals surface area contributed by atoms with Gasteiger partial charge in [-0.2, -0.15) is 8.78 Å². The maximum absolute atomic E-state index is 12.5. The van der Waals surface area contributed by atoms with Crippen LogP contribution in [-0.4, -0.2) is 29.4 Å². The molecule has 0 aliphatic rings. The van der Waals surface area contributed by atoms with E-state index in [2.05, 4.69) is 16.0 Å². The largest absolute Gasteiger partial charge is 0.445 e. The number of nitrogens with one attached hydrogen (secondary N) is 3. The third-order valence-corrected chi connectivity index (χ3v) is 5.87. The number of rotatable bonds is 10. The Morgan fingerprint density at radius 2 is 1.71 bits per heavy atom. The number of amides is 3. The van der Waals surface area contributed by atoms with Crippen molar-refractivity contribution in [3.8, 4) is 0 Å². The van der Waals surface area contributed by atoms with Crippen LogP contribution < -0.4 is 16.0 Å². The van der Waals surface area contributed by atoms with Gasteiger partial charge in [0.05, 0.1) is 12.3 Å².